The molecule has 31 heavy (non-hydrogen) atoms. The van der Waals surface area contributed by atoms with Gasteiger partial charge in [0.25, 0.3) is 0 Å². The fraction of sp³-hybridized carbons (Fsp3) is 0.462. The zero-order valence-corrected chi connectivity index (χ0v) is 18.6. The van der Waals surface area contributed by atoms with Crippen LogP contribution in [0.15, 0.2) is 54.9 Å². The largest absolute Gasteiger partial charge is 0.349 e. The number of amides is 1. The number of carbonyl (C=O) groups excluding carboxylic acids is 1. The van der Waals surface area contributed by atoms with Gasteiger partial charge in [-0.3, -0.25) is 14.7 Å². The van der Waals surface area contributed by atoms with E-state index < -0.39 is 0 Å². The monoisotopic (exact) mass is 416 g/mol. The Balaban J connectivity index is 1.49. The summed E-state index contributed by atoms with van der Waals surface area (Å²) >= 11 is 0. The molecule has 1 spiro atoms. The molecule has 4 heterocycles. The van der Waals surface area contributed by atoms with Crippen LogP contribution >= 0.6 is 0 Å². The van der Waals surface area contributed by atoms with Crippen molar-refractivity contribution in [3.8, 4) is 0 Å². The number of hydrogen-bond acceptors (Lipinski definition) is 3. The number of aromatic nitrogens is 2. The van der Waals surface area contributed by atoms with Gasteiger partial charge in [0.05, 0.1) is 5.54 Å². The number of pyridine rings is 1. The van der Waals surface area contributed by atoms with Gasteiger partial charge in [-0.1, -0.05) is 30.7 Å². The van der Waals surface area contributed by atoms with Crippen LogP contribution < -0.4 is 5.32 Å². The normalized spacial score (nSPS) is 24.7. The highest BCUT2D eigenvalue weighted by Crippen LogP contribution is 2.41. The van der Waals surface area contributed by atoms with Crippen molar-refractivity contribution < 1.29 is 4.79 Å². The first-order valence-corrected chi connectivity index (χ1v) is 11.6. The Hall–Kier alpha value is -2.66. The maximum atomic E-state index is 12.6. The standard InChI is InChI=1S/C26H32N4O/c1-19(2)30-16-20(21-9-3-4-11-24(21)30)15-29-17-22(23-10-6-8-14-27-23)26(18-29)13-7-5-12-25(31)28-26/h3-4,6,8-11,14,16,19,22H,5,7,12-13,15,17-18H2,1-2H3,(H,28,31)/t22-,26+/m0/s1. The minimum Gasteiger partial charge on any atom is -0.349 e. The van der Waals surface area contributed by atoms with E-state index in [1.807, 2.05) is 12.3 Å². The molecule has 3 aromatic rings. The summed E-state index contributed by atoms with van der Waals surface area (Å²) in [5.41, 5.74) is 3.53. The van der Waals surface area contributed by atoms with Crippen LogP contribution in [0.4, 0.5) is 0 Å². The fourth-order valence-corrected chi connectivity index (χ4v) is 5.67. The quantitative estimate of drug-likeness (QED) is 0.674. The smallest absolute Gasteiger partial charge is 0.220 e. The Kier molecular flexibility index (Phi) is 5.30. The molecule has 0 aliphatic carbocycles. The molecule has 5 nitrogen and oxygen atoms in total. The maximum absolute atomic E-state index is 12.6. The van der Waals surface area contributed by atoms with E-state index in [1.54, 1.807) is 0 Å². The van der Waals surface area contributed by atoms with Crippen LogP contribution in [0.2, 0.25) is 0 Å². The van der Waals surface area contributed by atoms with Crippen molar-refractivity contribution in [1.29, 1.82) is 0 Å². The highest BCUT2D eigenvalue weighted by molar-refractivity contribution is 5.84. The van der Waals surface area contributed by atoms with Crippen LogP contribution in [-0.4, -0.2) is 39.0 Å². The summed E-state index contributed by atoms with van der Waals surface area (Å²) in [5, 5.41) is 4.78. The van der Waals surface area contributed by atoms with E-state index in [0.717, 1.165) is 44.6 Å². The summed E-state index contributed by atoms with van der Waals surface area (Å²) in [6, 6.07) is 15.3. The third-order valence-corrected chi connectivity index (χ3v) is 7.10. The number of nitrogens with zero attached hydrogens (tertiary/aromatic N) is 3. The number of fused-ring (bicyclic) bond motifs is 1. The predicted molar refractivity (Wildman–Crippen MR) is 124 cm³/mol. The van der Waals surface area contributed by atoms with Gasteiger partial charge in [0.1, 0.15) is 0 Å². The highest BCUT2D eigenvalue weighted by atomic mass is 16.1. The molecular formula is C26H32N4O. The lowest BCUT2D eigenvalue weighted by Crippen LogP contribution is -2.52. The minimum absolute atomic E-state index is 0.191. The second kappa shape index (κ2) is 8.12. The van der Waals surface area contributed by atoms with Crippen molar-refractivity contribution in [3.05, 3.63) is 66.1 Å². The molecule has 0 unspecified atom stereocenters. The van der Waals surface area contributed by atoms with Gasteiger partial charge < -0.3 is 9.88 Å². The van der Waals surface area contributed by atoms with Gasteiger partial charge in [0, 0.05) is 67.0 Å². The second-order valence-corrected chi connectivity index (χ2v) is 9.56. The third kappa shape index (κ3) is 3.76. The molecule has 0 bridgehead atoms. The fourth-order valence-electron chi connectivity index (χ4n) is 5.67. The number of rotatable bonds is 4. The van der Waals surface area contributed by atoms with Crippen molar-refractivity contribution in [2.24, 2.45) is 0 Å². The van der Waals surface area contributed by atoms with Gasteiger partial charge >= 0.3 is 0 Å². The minimum atomic E-state index is -0.224. The molecule has 2 atom stereocenters. The Morgan fingerprint density at radius 3 is 2.81 bits per heavy atom. The Bertz CT molecular complexity index is 1070. The van der Waals surface area contributed by atoms with E-state index in [0.29, 0.717) is 12.5 Å². The summed E-state index contributed by atoms with van der Waals surface area (Å²) in [4.78, 5) is 19.8. The molecular weight excluding hydrogens is 384 g/mol. The van der Waals surface area contributed by atoms with E-state index in [2.05, 4.69) is 71.2 Å². The van der Waals surface area contributed by atoms with Gasteiger partial charge in [-0.15, -0.1) is 0 Å². The van der Waals surface area contributed by atoms with Crippen molar-refractivity contribution >= 4 is 16.8 Å². The van der Waals surface area contributed by atoms with Crippen LogP contribution in [0.5, 0.6) is 0 Å². The molecule has 5 heteroatoms. The van der Waals surface area contributed by atoms with Gasteiger partial charge in [-0.2, -0.15) is 0 Å². The van der Waals surface area contributed by atoms with Gasteiger partial charge in [-0.25, -0.2) is 0 Å². The van der Waals surface area contributed by atoms with Crippen LogP contribution in [-0.2, 0) is 11.3 Å². The molecule has 0 saturated carbocycles. The lowest BCUT2D eigenvalue weighted by molar-refractivity contribution is -0.122. The van der Waals surface area contributed by atoms with Gasteiger partial charge in [-0.05, 0) is 50.5 Å². The molecule has 1 N–H and O–H groups in total. The number of para-hydroxylation sites is 1. The number of likely N-dealkylation sites (tertiary alicyclic amines) is 1. The Labute approximate surface area is 184 Å². The summed E-state index contributed by atoms with van der Waals surface area (Å²) in [6.45, 7) is 7.15. The van der Waals surface area contributed by atoms with Gasteiger partial charge in [0.15, 0.2) is 0 Å². The number of benzene rings is 1. The van der Waals surface area contributed by atoms with Crippen LogP contribution in [0, 0.1) is 0 Å². The average Bonchev–Trinajstić information content (AvgIpc) is 3.24. The maximum Gasteiger partial charge on any atom is 0.220 e. The molecule has 1 aromatic carbocycles. The molecule has 5 rings (SSSR count). The number of hydrogen-bond donors (Lipinski definition) is 1. The van der Waals surface area contributed by atoms with E-state index in [9.17, 15) is 4.79 Å². The third-order valence-electron chi connectivity index (χ3n) is 7.10. The Morgan fingerprint density at radius 1 is 1.16 bits per heavy atom. The van der Waals surface area contributed by atoms with Crippen molar-refractivity contribution in [2.75, 3.05) is 13.1 Å². The Morgan fingerprint density at radius 2 is 2.00 bits per heavy atom. The molecule has 162 valence electrons. The highest BCUT2D eigenvalue weighted by Gasteiger charge is 2.49. The molecule has 2 saturated heterocycles. The summed E-state index contributed by atoms with van der Waals surface area (Å²) < 4.78 is 2.38. The van der Waals surface area contributed by atoms with Crippen molar-refractivity contribution in [1.82, 2.24) is 19.8 Å². The van der Waals surface area contributed by atoms with E-state index >= 15 is 0 Å². The molecule has 2 fully saturated rings. The first-order chi connectivity index (χ1) is 15.1. The van der Waals surface area contributed by atoms with Crippen LogP contribution in [0.25, 0.3) is 10.9 Å². The zero-order valence-electron chi connectivity index (χ0n) is 18.6. The predicted octanol–water partition coefficient (Wildman–Crippen LogP) is 4.65. The summed E-state index contributed by atoms with van der Waals surface area (Å²) in [7, 11) is 0. The average molecular weight is 417 g/mol. The van der Waals surface area contributed by atoms with Crippen molar-refractivity contribution in [3.63, 3.8) is 0 Å². The first kappa shape index (κ1) is 20.3. The topological polar surface area (TPSA) is 50.2 Å². The van der Waals surface area contributed by atoms with E-state index in [4.69, 9.17) is 4.98 Å². The molecule has 2 aromatic heterocycles. The van der Waals surface area contributed by atoms with Crippen LogP contribution in [0.3, 0.4) is 0 Å². The lowest BCUT2D eigenvalue weighted by Gasteiger charge is -2.34. The summed E-state index contributed by atoms with van der Waals surface area (Å²) in [5.74, 6) is 0.408. The molecule has 0 radical (unpaired) electrons. The number of nitrogens with one attached hydrogen (secondary N) is 1. The first-order valence-electron chi connectivity index (χ1n) is 11.6. The van der Waals surface area contributed by atoms with Crippen molar-refractivity contribution in [2.45, 2.75) is 63.6 Å². The molecule has 1 amide bonds. The van der Waals surface area contributed by atoms with E-state index in [1.165, 1.54) is 16.5 Å². The lowest BCUT2D eigenvalue weighted by atomic mass is 9.81. The summed E-state index contributed by atoms with van der Waals surface area (Å²) in [6.07, 6.45) is 7.91. The second-order valence-electron chi connectivity index (χ2n) is 9.56. The zero-order chi connectivity index (χ0) is 21.4. The van der Waals surface area contributed by atoms with E-state index in [-0.39, 0.29) is 17.4 Å². The number of carbonyl (C=O) groups is 1. The SMILES string of the molecule is CC(C)n1cc(CN2C[C@@H](c3ccccn3)[C@@]3(CCCCC(=O)N3)C2)c2ccccc21. The molecule has 2 aliphatic rings. The van der Waals surface area contributed by atoms with Gasteiger partial charge in [0.2, 0.25) is 5.91 Å². The van der Waals surface area contributed by atoms with Crippen LogP contribution in [0.1, 0.15) is 62.7 Å². The molecule has 2 aliphatic heterocycles.